The number of hydrogen-bond acceptors (Lipinski definition) is 6. The minimum atomic E-state index is -1.06. The first-order valence-electron chi connectivity index (χ1n) is 6.11. The molecule has 0 bridgehead atoms. The molecule has 1 saturated heterocycles. The molecule has 0 saturated carbocycles. The molecular formula is C12H13N5O3. The summed E-state index contributed by atoms with van der Waals surface area (Å²) in [5.41, 5.74) is -0.415. The number of hydrogen-bond donors (Lipinski definition) is 3. The number of carboxylic acids is 1. The molecule has 3 heterocycles. The largest absolute Gasteiger partial charge is 0.478 e. The van der Waals surface area contributed by atoms with Crippen LogP contribution in [-0.2, 0) is 5.60 Å². The predicted octanol–water partition coefficient (Wildman–Crippen LogP) is -0.00420. The summed E-state index contributed by atoms with van der Waals surface area (Å²) in [4.78, 5) is 16.8. The van der Waals surface area contributed by atoms with Crippen molar-refractivity contribution in [3.8, 4) is 0 Å². The average Bonchev–Trinajstić information content (AvgIpc) is 3.09. The second-order valence-corrected chi connectivity index (χ2v) is 4.77. The molecule has 8 nitrogen and oxygen atoms in total. The number of nitrogens with one attached hydrogen (secondary N) is 1. The van der Waals surface area contributed by atoms with Gasteiger partial charge in [-0.2, -0.15) is 15.4 Å². The number of aliphatic hydroxyl groups is 1. The number of aromatic carboxylic acids is 1. The summed E-state index contributed by atoms with van der Waals surface area (Å²) in [6.45, 7) is 0.960. The van der Waals surface area contributed by atoms with Crippen molar-refractivity contribution in [3.05, 3.63) is 35.8 Å². The molecule has 0 amide bonds. The number of anilines is 1. The number of aromatic amines is 1. The predicted molar refractivity (Wildman–Crippen MR) is 68.3 cm³/mol. The van der Waals surface area contributed by atoms with Gasteiger partial charge in [0.05, 0.1) is 18.3 Å². The summed E-state index contributed by atoms with van der Waals surface area (Å²) >= 11 is 0. The molecule has 104 valence electrons. The van der Waals surface area contributed by atoms with Gasteiger partial charge in [-0.15, -0.1) is 0 Å². The van der Waals surface area contributed by atoms with Crippen LogP contribution in [0.25, 0.3) is 0 Å². The lowest BCUT2D eigenvalue weighted by Gasteiger charge is -2.21. The monoisotopic (exact) mass is 275 g/mol. The zero-order valence-electron chi connectivity index (χ0n) is 10.5. The Bertz CT molecular complexity index is 613. The fourth-order valence-corrected chi connectivity index (χ4v) is 2.32. The van der Waals surface area contributed by atoms with Crippen molar-refractivity contribution < 1.29 is 15.0 Å². The van der Waals surface area contributed by atoms with Crippen LogP contribution in [0.3, 0.4) is 0 Å². The van der Waals surface area contributed by atoms with Crippen molar-refractivity contribution >= 4 is 11.8 Å². The number of carbonyl (C=O) groups is 1. The zero-order chi connectivity index (χ0) is 14.2. The number of β-amino-alcohol motifs (C(OH)–C–C–N with tert-alkyl or cyclic N) is 1. The molecule has 0 aromatic carbocycles. The topological polar surface area (TPSA) is 115 Å². The maximum Gasteiger partial charge on any atom is 0.337 e. The van der Waals surface area contributed by atoms with Crippen LogP contribution in [0.1, 0.15) is 22.5 Å². The molecule has 2 aromatic heterocycles. The Labute approximate surface area is 114 Å². The van der Waals surface area contributed by atoms with Gasteiger partial charge in [-0.25, -0.2) is 9.78 Å². The molecule has 1 aliphatic rings. The Kier molecular flexibility index (Phi) is 2.87. The van der Waals surface area contributed by atoms with E-state index in [2.05, 4.69) is 20.4 Å². The molecule has 0 aliphatic carbocycles. The maximum atomic E-state index is 10.8. The first-order chi connectivity index (χ1) is 9.58. The van der Waals surface area contributed by atoms with Gasteiger partial charge in [0.2, 0.25) is 0 Å². The highest BCUT2D eigenvalue weighted by Gasteiger charge is 2.40. The number of pyridine rings is 1. The van der Waals surface area contributed by atoms with Crippen molar-refractivity contribution in [2.45, 2.75) is 12.0 Å². The van der Waals surface area contributed by atoms with Gasteiger partial charge in [0, 0.05) is 19.2 Å². The minimum Gasteiger partial charge on any atom is -0.478 e. The van der Waals surface area contributed by atoms with Crippen LogP contribution >= 0.6 is 0 Å². The molecule has 0 spiro atoms. The molecule has 8 heteroatoms. The smallest absolute Gasteiger partial charge is 0.337 e. The van der Waals surface area contributed by atoms with E-state index in [9.17, 15) is 9.90 Å². The Morgan fingerprint density at radius 2 is 2.25 bits per heavy atom. The Hall–Kier alpha value is -2.48. The lowest BCUT2D eigenvalue weighted by molar-refractivity contribution is 0.0559. The first-order valence-corrected chi connectivity index (χ1v) is 6.11. The average molecular weight is 275 g/mol. The third-order valence-electron chi connectivity index (χ3n) is 3.46. The van der Waals surface area contributed by atoms with E-state index < -0.39 is 11.6 Å². The van der Waals surface area contributed by atoms with Crippen LogP contribution in [0.4, 0.5) is 5.82 Å². The molecule has 1 fully saturated rings. The van der Waals surface area contributed by atoms with Crippen LogP contribution in [0.15, 0.2) is 24.5 Å². The SMILES string of the molecule is O=C(O)c1ccc(N2CCC(O)(c3cn[nH]n3)C2)nc1. The van der Waals surface area contributed by atoms with E-state index in [-0.39, 0.29) is 5.56 Å². The standard InChI is InChI=1S/C12H13N5O3/c18-11(19)8-1-2-10(13-5-8)17-4-3-12(20,7-17)9-6-14-16-15-9/h1-2,5-6,20H,3-4,7H2,(H,18,19)(H,14,15,16). The lowest BCUT2D eigenvalue weighted by Crippen LogP contribution is -2.31. The number of rotatable bonds is 3. The van der Waals surface area contributed by atoms with Crippen molar-refractivity contribution in [1.29, 1.82) is 0 Å². The summed E-state index contributed by atoms with van der Waals surface area (Å²) in [6.07, 6.45) is 3.33. The number of carboxylic acid groups (broad SMARTS) is 1. The van der Waals surface area contributed by atoms with Gasteiger partial charge in [-0.3, -0.25) is 0 Å². The number of nitrogens with zero attached hydrogens (tertiary/aromatic N) is 4. The summed E-state index contributed by atoms with van der Waals surface area (Å²) in [6, 6.07) is 3.14. The van der Waals surface area contributed by atoms with E-state index in [1.54, 1.807) is 6.07 Å². The molecule has 1 aliphatic heterocycles. The highest BCUT2D eigenvalue weighted by molar-refractivity contribution is 5.87. The van der Waals surface area contributed by atoms with E-state index >= 15 is 0 Å². The van der Waals surface area contributed by atoms with E-state index in [4.69, 9.17) is 5.11 Å². The molecule has 3 N–H and O–H groups in total. The third kappa shape index (κ3) is 2.10. The van der Waals surface area contributed by atoms with Crippen molar-refractivity contribution in [2.75, 3.05) is 18.0 Å². The molecule has 1 atom stereocenters. The maximum absolute atomic E-state index is 10.8. The Balaban J connectivity index is 1.78. The van der Waals surface area contributed by atoms with Gasteiger partial charge >= 0.3 is 5.97 Å². The van der Waals surface area contributed by atoms with Gasteiger partial charge < -0.3 is 15.1 Å². The highest BCUT2D eigenvalue weighted by Crippen LogP contribution is 2.32. The first kappa shape index (κ1) is 12.5. The second-order valence-electron chi connectivity index (χ2n) is 4.77. The quantitative estimate of drug-likeness (QED) is 0.721. The van der Waals surface area contributed by atoms with E-state index in [0.29, 0.717) is 31.0 Å². The molecule has 0 radical (unpaired) electrons. The normalized spacial score (nSPS) is 22.1. The summed E-state index contributed by atoms with van der Waals surface area (Å²) in [5.74, 6) is -0.376. The van der Waals surface area contributed by atoms with Crippen LogP contribution in [0.5, 0.6) is 0 Å². The van der Waals surface area contributed by atoms with E-state index in [0.717, 1.165) is 0 Å². The fraction of sp³-hybridized carbons (Fsp3) is 0.333. The molecule has 1 unspecified atom stereocenters. The van der Waals surface area contributed by atoms with Gasteiger partial charge in [-0.05, 0) is 12.1 Å². The lowest BCUT2D eigenvalue weighted by atomic mass is 10.0. The zero-order valence-corrected chi connectivity index (χ0v) is 10.5. The third-order valence-corrected chi connectivity index (χ3v) is 3.46. The minimum absolute atomic E-state index is 0.139. The van der Waals surface area contributed by atoms with E-state index in [1.807, 2.05) is 4.90 Å². The summed E-state index contributed by atoms with van der Waals surface area (Å²) in [5, 5.41) is 29.5. The van der Waals surface area contributed by atoms with Crippen LogP contribution in [0.2, 0.25) is 0 Å². The molecular weight excluding hydrogens is 262 g/mol. The van der Waals surface area contributed by atoms with Crippen molar-refractivity contribution in [3.63, 3.8) is 0 Å². The summed E-state index contributed by atoms with van der Waals surface area (Å²) < 4.78 is 0. The highest BCUT2D eigenvalue weighted by atomic mass is 16.4. The molecule has 3 rings (SSSR count). The summed E-state index contributed by atoms with van der Waals surface area (Å²) in [7, 11) is 0. The Morgan fingerprint density at radius 3 is 2.85 bits per heavy atom. The van der Waals surface area contributed by atoms with Crippen LogP contribution < -0.4 is 4.90 Å². The van der Waals surface area contributed by atoms with Crippen molar-refractivity contribution in [1.82, 2.24) is 20.4 Å². The number of aromatic nitrogens is 4. The number of H-pyrrole nitrogens is 1. The second kappa shape index (κ2) is 4.57. The molecule has 20 heavy (non-hydrogen) atoms. The van der Waals surface area contributed by atoms with Gasteiger partial charge in [0.25, 0.3) is 0 Å². The fourth-order valence-electron chi connectivity index (χ4n) is 2.32. The van der Waals surface area contributed by atoms with Crippen LogP contribution in [0, 0.1) is 0 Å². The van der Waals surface area contributed by atoms with Crippen LogP contribution in [-0.4, -0.2) is 49.7 Å². The Morgan fingerprint density at radius 1 is 1.40 bits per heavy atom. The van der Waals surface area contributed by atoms with Crippen molar-refractivity contribution in [2.24, 2.45) is 0 Å². The molecule has 2 aromatic rings. The van der Waals surface area contributed by atoms with Gasteiger partial charge in [0.1, 0.15) is 17.1 Å². The van der Waals surface area contributed by atoms with Gasteiger partial charge in [0.15, 0.2) is 0 Å². The van der Waals surface area contributed by atoms with Gasteiger partial charge in [-0.1, -0.05) is 0 Å². The van der Waals surface area contributed by atoms with E-state index in [1.165, 1.54) is 18.5 Å².